The molecule has 0 bridgehead atoms. The molecule has 88 valence electrons. The highest BCUT2D eigenvalue weighted by Gasteiger charge is 2.25. The van der Waals surface area contributed by atoms with Gasteiger partial charge in [-0.15, -0.1) is 0 Å². The minimum Gasteiger partial charge on any atom is -0.311 e. The summed E-state index contributed by atoms with van der Waals surface area (Å²) in [5.74, 6) is -0.338. The van der Waals surface area contributed by atoms with Gasteiger partial charge < -0.3 is 5.32 Å². The Kier molecular flexibility index (Phi) is 3.92. The lowest BCUT2D eigenvalue weighted by molar-refractivity contribution is 0.261. The van der Waals surface area contributed by atoms with Crippen molar-refractivity contribution in [1.29, 1.82) is 0 Å². The van der Waals surface area contributed by atoms with E-state index in [1.54, 1.807) is 12.1 Å². The lowest BCUT2D eigenvalue weighted by atomic mass is 10.0. The largest absolute Gasteiger partial charge is 0.311 e. The van der Waals surface area contributed by atoms with Crippen LogP contribution in [0.3, 0.4) is 0 Å². The number of benzene rings is 1. The van der Waals surface area contributed by atoms with E-state index >= 15 is 0 Å². The number of alkyl halides is 1. The van der Waals surface area contributed by atoms with E-state index in [1.807, 2.05) is 0 Å². The Hall–Kier alpha value is -0.480. The monoisotopic (exact) mass is 289 g/mol. The van der Waals surface area contributed by atoms with Gasteiger partial charge >= 0.3 is 0 Å². The molecule has 1 nitrogen and oxygen atoms in total. The van der Waals surface area contributed by atoms with E-state index < -0.39 is 6.17 Å². The maximum Gasteiger partial charge on any atom is 0.127 e. The van der Waals surface area contributed by atoms with E-state index in [1.165, 1.54) is 6.07 Å². The average Bonchev–Trinajstić information content (AvgIpc) is 2.75. The van der Waals surface area contributed by atoms with Gasteiger partial charge in [0.15, 0.2) is 0 Å². The molecule has 0 aromatic heterocycles. The fraction of sp³-hybridized carbons (Fsp3) is 0.500. The highest BCUT2D eigenvalue weighted by Crippen LogP contribution is 2.20. The molecule has 1 aromatic rings. The molecule has 0 radical (unpaired) electrons. The van der Waals surface area contributed by atoms with Crippen LogP contribution in [0, 0.1) is 5.82 Å². The Labute approximate surface area is 102 Å². The van der Waals surface area contributed by atoms with Gasteiger partial charge in [0.25, 0.3) is 0 Å². The molecule has 1 fully saturated rings. The quantitative estimate of drug-likeness (QED) is 0.901. The van der Waals surface area contributed by atoms with Crippen molar-refractivity contribution in [2.45, 2.75) is 31.5 Å². The molecular weight excluding hydrogens is 276 g/mol. The predicted octanol–water partition coefficient (Wildman–Crippen LogP) is 3.22. The van der Waals surface area contributed by atoms with Gasteiger partial charge in [0.05, 0.1) is 0 Å². The lowest BCUT2D eigenvalue weighted by Gasteiger charge is -2.16. The van der Waals surface area contributed by atoms with Gasteiger partial charge in [0.2, 0.25) is 0 Å². The van der Waals surface area contributed by atoms with E-state index in [0.29, 0.717) is 10.0 Å². The second kappa shape index (κ2) is 5.23. The topological polar surface area (TPSA) is 12.0 Å². The molecule has 1 aromatic carbocycles. The van der Waals surface area contributed by atoms with Crippen molar-refractivity contribution in [3.8, 4) is 0 Å². The summed E-state index contributed by atoms with van der Waals surface area (Å²) >= 11 is 3.18. The van der Waals surface area contributed by atoms with E-state index in [4.69, 9.17) is 0 Å². The second-order valence-electron chi connectivity index (χ2n) is 4.16. The molecule has 1 aliphatic heterocycles. The molecule has 16 heavy (non-hydrogen) atoms. The maximum atomic E-state index is 13.8. The number of hydrogen-bond acceptors (Lipinski definition) is 1. The van der Waals surface area contributed by atoms with Crippen molar-refractivity contribution >= 4 is 15.9 Å². The summed E-state index contributed by atoms with van der Waals surface area (Å²) in [5, 5.41) is 3.10. The first-order valence-electron chi connectivity index (χ1n) is 5.48. The fourth-order valence-corrected chi connectivity index (χ4v) is 2.39. The molecular formula is C12H14BrF2N. The Morgan fingerprint density at radius 1 is 1.50 bits per heavy atom. The number of nitrogens with one attached hydrogen (secondary N) is 1. The van der Waals surface area contributed by atoms with Crippen LogP contribution in [0.25, 0.3) is 0 Å². The summed E-state index contributed by atoms with van der Waals surface area (Å²) in [5.41, 5.74) is 0.449. The Balaban J connectivity index is 2.02. The normalized spacial score (nSPS) is 22.3. The van der Waals surface area contributed by atoms with Crippen molar-refractivity contribution in [3.63, 3.8) is 0 Å². The molecule has 0 aliphatic carbocycles. The van der Waals surface area contributed by atoms with Crippen LogP contribution in [0.5, 0.6) is 0 Å². The van der Waals surface area contributed by atoms with Crippen LogP contribution in [-0.2, 0) is 6.42 Å². The number of halogens is 3. The molecule has 1 heterocycles. The third kappa shape index (κ3) is 2.80. The summed E-state index contributed by atoms with van der Waals surface area (Å²) in [7, 11) is 0. The van der Waals surface area contributed by atoms with Crippen LogP contribution in [0.1, 0.15) is 18.4 Å². The van der Waals surface area contributed by atoms with E-state index in [9.17, 15) is 8.78 Å². The summed E-state index contributed by atoms with van der Waals surface area (Å²) in [6.07, 6.45) is 1.00. The van der Waals surface area contributed by atoms with Gasteiger partial charge in [0.1, 0.15) is 12.0 Å². The summed E-state index contributed by atoms with van der Waals surface area (Å²) in [6, 6.07) is 4.65. The molecule has 1 saturated heterocycles. The van der Waals surface area contributed by atoms with Gasteiger partial charge in [-0.3, -0.25) is 0 Å². The average molecular weight is 290 g/mol. The van der Waals surface area contributed by atoms with Crippen molar-refractivity contribution in [3.05, 3.63) is 34.1 Å². The minimum absolute atomic E-state index is 0.108. The van der Waals surface area contributed by atoms with E-state index in [0.717, 1.165) is 19.4 Å². The molecule has 2 atom stereocenters. The first-order valence-corrected chi connectivity index (χ1v) is 6.27. The van der Waals surface area contributed by atoms with Crippen molar-refractivity contribution in [2.24, 2.45) is 0 Å². The Morgan fingerprint density at radius 2 is 2.31 bits per heavy atom. The molecule has 0 amide bonds. The zero-order valence-corrected chi connectivity index (χ0v) is 10.4. The lowest BCUT2D eigenvalue weighted by Crippen LogP contribution is -2.33. The Bertz CT molecular complexity index is 364. The van der Waals surface area contributed by atoms with Crippen LogP contribution in [-0.4, -0.2) is 18.8 Å². The van der Waals surface area contributed by atoms with Crippen LogP contribution >= 0.6 is 15.9 Å². The standard InChI is InChI=1S/C12H14BrF2N/c13-9-4-3-8(10(14)7-9)6-11(15)12-2-1-5-16-12/h3-4,7,11-12,16H,1-2,5-6H2. The number of hydrogen-bond donors (Lipinski definition) is 1. The SMILES string of the molecule is Fc1cc(Br)ccc1CC(F)C1CCCN1. The van der Waals surface area contributed by atoms with Crippen molar-refractivity contribution in [2.75, 3.05) is 6.54 Å². The summed E-state index contributed by atoms with van der Waals surface area (Å²) < 4.78 is 28.0. The van der Waals surface area contributed by atoms with Crippen LogP contribution < -0.4 is 5.32 Å². The zero-order valence-electron chi connectivity index (χ0n) is 8.85. The molecule has 0 spiro atoms. The molecule has 1 aliphatic rings. The van der Waals surface area contributed by atoms with Gasteiger partial charge in [0, 0.05) is 16.9 Å². The van der Waals surface area contributed by atoms with Gasteiger partial charge in [-0.2, -0.15) is 0 Å². The third-order valence-electron chi connectivity index (χ3n) is 2.97. The van der Waals surface area contributed by atoms with E-state index in [-0.39, 0.29) is 18.3 Å². The summed E-state index contributed by atoms with van der Waals surface area (Å²) in [6.45, 7) is 0.869. The minimum atomic E-state index is -1.00. The molecule has 2 rings (SSSR count). The molecule has 1 N–H and O–H groups in total. The highest BCUT2D eigenvalue weighted by atomic mass is 79.9. The van der Waals surface area contributed by atoms with Gasteiger partial charge in [-0.25, -0.2) is 8.78 Å². The third-order valence-corrected chi connectivity index (χ3v) is 3.46. The van der Waals surface area contributed by atoms with Gasteiger partial charge in [-0.05, 0) is 37.1 Å². The molecule has 4 heteroatoms. The Morgan fingerprint density at radius 3 is 2.94 bits per heavy atom. The van der Waals surface area contributed by atoms with Crippen LogP contribution in [0.15, 0.2) is 22.7 Å². The zero-order chi connectivity index (χ0) is 11.5. The second-order valence-corrected chi connectivity index (χ2v) is 5.07. The highest BCUT2D eigenvalue weighted by molar-refractivity contribution is 9.10. The van der Waals surface area contributed by atoms with Gasteiger partial charge in [-0.1, -0.05) is 22.0 Å². The van der Waals surface area contributed by atoms with Crippen LogP contribution in [0.4, 0.5) is 8.78 Å². The number of rotatable bonds is 3. The summed E-state index contributed by atoms with van der Waals surface area (Å²) in [4.78, 5) is 0. The molecule has 2 unspecified atom stereocenters. The first kappa shape index (κ1) is 12.0. The maximum absolute atomic E-state index is 13.8. The molecule has 0 saturated carbocycles. The smallest absolute Gasteiger partial charge is 0.127 e. The van der Waals surface area contributed by atoms with Crippen LogP contribution in [0.2, 0.25) is 0 Å². The first-order chi connectivity index (χ1) is 7.66. The van der Waals surface area contributed by atoms with Crippen molar-refractivity contribution < 1.29 is 8.78 Å². The predicted molar refractivity (Wildman–Crippen MR) is 63.7 cm³/mol. The van der Waals surface area contributed by atoms with Crippen molar-refractivity contribution in [1.82, 2.24) is 5.32 Å². The van der Waals surface area contributed by atoms with E-state index in [2.05, 4.69) is 21.2 Å². The fourth-order valence-electron chi connectivity index (χ4n) is 2.06.